The molecule has 0 aliphatic carbocycles. The van der Waals surface area contributed by atoms with Gasteiger partial charge in [-0.25, -0.2) is 0 Å². The minimum atomic E-state index is -0.552. The number of allylic oxidation sites excluding steroid dienone is 10. The Hall–Kier alpha value is -2.40. The molecule has 5 nitrogen and oxygen atoms in total. The molecule has 64 heavy (non-hydrogen) atoms. The minimum Gasteiger partial charge on any atom is -0.462 e. The molecule has 0 saturated heterocycles. The van der Waals surface area contributed by atoms with Gasteiger partial charge in [-0.05, 0) is 89.9 Å². The van der Waals surface area contributed by atoms with Gasteiger partial charge in [0, 0.05) is 19.4 Å². The summed E-state index contributed by atoms with van der Waals surface area (Å²) >= 11 is 0. The van der Waals surface area contributed by atoms with Gasteiger partial charge in [0.15, 0.2) is 6.10 Å². The Morgan fingerprint density at radius 3 is 1.08 bits per heavy atom. The molecule has 5 heteroatoms. The van der Waals surface area contributed by atoms with E-state index in [1.54, 1.807) is 0 Å². The third kappa shape index (κ3) is 52.2. The van der Waals surface area contributed by atoms with Gasteiger partial charge >= 0.3 is 11.9 Å². The number of esters is 2. The fourth-order valence-corrected chi connectivity index (χ4v) is 7.84. The molecule has 0 heterocycles. The molecule has 0 bridgehead atoms. The monoisotopic (exact) mass is 895 g/mol. The molecule has 0 spiro atoms. The van der Waals surface area contributed by atoms with Crippen LogP contribution in [0.15, 0.2) is 60.8 Å². The van der Waals surface area contributed by atoms with Crippen LogP contribution in [-0.4, -0.2) is 37.9 Å². The summed E-state index contributed by atoms with van der Waals surface area (Å²) in [7, 11) is 0. The number of hydrogen-bond acceptors (Lipinski definition) is 5. The minimum absolute atomic E-state index is 0.0696. The van der Waals surface area contributed by atoms with Gasteiger partial charge < -0.3 is 14.2 Å². The van der Waals surface area contributed by atoms with Gasteiger partial charge in [-0.15, -0.1) is 0 Å². The van der Waals surface area contributed by atoms with Crippen LogP contribution in [-0.2, 0) is 23.8 Å². The maximum absolute atomic E-state index is 12.8. The summed E-state index contributed by atoms with van der Waals surface area (Å²) in [5.74, 6) is -0.428. The zero-order chi connectivity index (χ0) is 46.3. The van der Waals surface area contributed by atoms with E-state index in [0.717, 1.165) is 89.9 Å². The van der Waals surface area contributed by atoms with Gasteiger partial charge in [-0.2, -0.15) is 0 Å². The van der Waals surface area contributed by atoms with Crippen molar-refractivity contribution in [3.63, 3.8) is 0 Å². The first kappa shape index (κ1) is 61.6. The first-order valence-electron chi connectivity index (χ1n) is 27.8. The average Bonchev–Trinajstić information content (AvgIpc) is 3.30. The molecule has 0 aliphatic rings. The highest BCUT2D eigenvalue weighted by Gasteiger charge is 2.17. The van der Waals surface area contributed by atoms with Gasteiger partial charge in [-0.3, -0.25) is 9.59 Å². The molecule has 0 aromatic carbocycles. The quantitative estimate of drug-likeness (QED) is 0.0346. The highest BCUT2D eigenvalue weighted by Crippen LogP contribution is 2.15. The lowest BCUT2D eigenvalue weighted by atomic mass is 10.0. The molecule has 0 unspecified atom stereocenters. The molecular weight excluding hydrogens is 789 g/mol. The lowest BCUT2D eigenvalue weighted by Gasteiger charge is -2.18. The smallest absolute Gasteiger partial charge is 0.306 e. The van der Waals surface area contributed by atoms with Crippen LogP contribution in [0.4, 0.5) is 0 Å². The maximum Gasteiger partial charge on any atom is 0.306 e. The molecule has 0 N–H and O–H groups in total. The van der Waals surface area contributed by atoms with Crippen LogP contribution in [0.25, 0.3) is 0 Å². The molecule has 0 amide bonds. The summed E-state index contributed by atoms with van der Waals surface area (Å²) in [6.45, 7) is 7.77. The van der Waals surface area contributed by atoms with Gasteiger partial charge in [0.05, 0.1) is 6.61 Å². The summed E-state index contributed by atoms with van der Waals surface area (Å²) in [6.07, 6.45) is 69.4. The van der Waals surface area contributed by atoms with Crippen molar-refractivity contribution in [2.45, 2.75) is 284 Å². The van der Waals surface area contributed by atoms with E-state index in [4.69, 9.17) is 14.2 Å². The largest absolute Gasteiger partial charge is 0.462 e. The number of hydrogen-bond donors (Lipinski definition) is 0. The van der Waals surface area contributed by atoms with Crippen molar-refractivity contribution in [2.75, 3.05) is 19.8 Å². The molecule has 0 aliphatic heterocycles. The normalized spacial score (nSPS) is 12.6. The molecule has 0 aromatic heterocycles. The first-order valence-corrected chi connectivity index (χ1v) is 27.8. The van der Waals surface area contributed by atoms with Crippen LogP contribution >= 0.6 is 0 Å². The van der Waals surface area contributed by atoms with Crippen LogP contribution < -0.4 is 0 Å². The Morgan fingerprint density at radius 1 is 0.344 bits per heavy atom. The number of ether oxygens (including phenoxy) is 3. The van der Waals surface area contributed by atoms with E-state index in [-0.39, 0.29) is 25.2 Å². The van der Waals surface area contributed by atoms with Gasteiger partial charge in [-0.1, -0.05) is 236 Å². The van der Waals surface area contributed by atoms with E-state index in [1.165, 1.54) is 154 Å². The van der Waals surface area contributed by atoms with E-state index < -0.39 is 6.10 Å². The Labute approximate surface area is 398 Å². The zero-order valence-electron chi connectivity index (χ0n) is 42.8. The van der Waals surface area contributed by atoms with Crippen LogP contribution in [0.1, 0.15) is 278 Å². The predicted octanol–water partition coefficient (Wildman–Crippen LogP) is 18.9. The molecule has 0 rings (SSSR count). The van der Waals surface area contributed by atoms with Crippen molar-refractivity contribution in [1.29, 1.82) is 0 Å². The fourth-order valence-electron chi connectivity index (χ4n) is 7.84. The summed E-state index contributed by atoms with van der Waals surface area (Å²) in [5, 5.41) is 0. The molecule has 0 aromatic rings. The maximum atomic E-state index is 12.8. The zero-order valence-corrected chi connectivity index (χ0v) is 42.8. The predicted molar refractivity (Wildman–Crippen MR) is 279 cm³/mol. The average molecular weight is 895 g/mol. The van der Waals surface area contributed by atoms with Gasteiger partial charge in [0.2, 0.25) is 0 Å². The van der Waals surface area contributed by atoms with Gasteiger partial charge in [0.25, 0.3) is 0 Å². The van der Waals surface area contributed by atoms with Crippen LogP contribution in [0.5, 0.6) is 0 Å². The van der Waals surface area contributed by atoms with E-state index in [1.807, 2.05) is 0 Å². The Kier molecular flexibility index (Phi) is 52.9. The number of unbranched alkanes of at least 4 members (excludes halogenated alkanes) is 30. The van der Waals surface area contributed by atoms with Crippen LogP contribution in [0, 0.1) is 0 Å². The summed E-state index contributed by atoms with van der Waals surface area (Å²) in [6, 6.07) is 0. The Bertz CT molecular complexity index is 1100. The second kappa shape index (κ2) is 54.9. The molecule has 372 valence electrons. The molecule has 1 atom stereocenters. The van der Waals surface area contributed by atoms with Crippen LogP contribution in [0.2, 0.25) is 0 Å². The molecule has 0 fully saturated rings. The highest BCUT2D eigenvalue weighted by molar-refractivity contribution is 5.70. The molecular formula is C59H106O5. The lowest BCUT2D eigenvalue weighted by Crippen LogP contribution is -2.30. The number of rotatable bonds is 51. The Morgan fingerprint density at radius 2 is 0.656 bits per heavy atom. The van der Waals surface area contributed by atoms with Crippen molar-refractivity contribution < 1.29 is 23.8 Å². The van der Waals surface area contributed by atoms with Gasteiger partial charge in [0.1, 0.15) is 6.61 Å². The number of carbonyl (C=O) groups is 2. The topological polar surface area (TPSA) is 61.8 Å². The van der Waals surface area contributed by atoms with E-state index in [9.17, 15) is 9.59 Å². The summed E-state index contributed by atoms with van der Waals surface area (Å²) in [4.78, 5) is 25.5. The highest BCUT2D eigenvalue weighted by atomic mass is 16.6. The van der Waals surface area contributed by atoms with Crippen molar-refractivity contribution >= 4 is 11.9 Å². The second-order valence-corrected chi connectivity index (χ2v) is 18.5. The van der Waals surface area contributed by atoms with E-state index >= 15 is 0 Å². The third-order valence-electron chi connectivity index (χ3n) is 12.0. The number of carbonyl (C=O) groups excluding carboxylic acids is 2. The second-order valence-electron chi connectivity index (χ2n) is 18.5. The SMILES string of the molecule is CCCCC/C=C\C/C=C\C/C=C\CCCCCCC(=O)OC[C@@H](COCCCCCCCCCCCCCCCCCC)OC(=O)CCCCCCC/C=C\C/C=C\CCCCC. The fraction of sp³-hybridized carbons (Fsp3) is 0.797. The van der Waals surface area contributed by atoms with Crippen molar-refractivity contribution in [3.05, 3.63) is 60.8 Å². The first-order chi connectivity index (χ1) is 31.6. The van der Waals surface area contributed by atoms with Crippen molar-refractivity contribution in [1.82, 2.24) is 0 Å². The Balaban J connectivity index is 4.32. The van der Waals surface area contributed by atoms with E-state index in [0.29, 0.717) is 19.4 Å². The third-order valence-corrected chi connectivity index (χ3v) is 12.0. The molecule has 0 saturated carbocycles. The van der Waals surface area contributed by atoms with Crippen LogP contribution in [0.3, 0.4) is 0 Å². The lowest BCUT2D eigenvalue weighted by molar-refractivity contribution is -0.163. The molecule has 0 radical (unpaired) electrons. The van der Waals surface area contributed by atoms with Crippen molar-refractivity contribution in [3.8, 4) is 0 Å². The summed E-state index contributed by atoms with van der Waals surface area (Å²) in [5.41, 5.74) is 0. The summed E-state index contributed by atoms with van der Waals surface area (Å²) < 4.78 is 17.4. The van der Waals surface area contributed by atoms with Crippen molar-refractivity contribution in [2.24, 2.45) is 0 Å². The standard InChI is InChI=1S/C59H106O5/c1-4-7-10-13-16-19-22-25-28-30-32-34-37-40-43-46-49-52-58(60)63-56-57(55-62-54-51-48-45-42-39-36-33-29-26-23-20-17-14-11-8-5-2)64-59(61)53-50-47-44-41-38-35-31-27-24-21-18-15-12-9-6-3/h16,18-19,21,25,27-28,31-32,34,57H,4-15,17,20,22-24,26,29-30,33,35-56H2,1-3H3/b19-16-,21-18-,28-25-,31-27-,34-32-/t57-/m1/s1. The van der Waals surface area contributed by atoms with E-state index in [2.05, 4.69) is 81.5 Å².